The maximum absolute atomic E-state index is 11.7. The molecule has 0 unspecified atom stereocenters. The van der Waals surface area contributed by atoms with Crippen LogP contribution in [-0.4, -0.2) is 17.9 Å². The molecular formula is C16H15ClN2OS. The summed E-state index contributed by atoms with van der Waals surface area (Å²) >= 11 is 7.29. The van der Waals surface area contributed by atoms with Crippen LogP contribution in [-0.2, 0) is 4.79 Å². The van der Waals surface area contributed by atoms with E-state index >= 15 is 0 Å². The van der Waals surface area contributed by atoms with Crippen LogP contribution >= 0.6 is 23.4 Å². The number of nitrogens with zero attached hydrogens (tertiary/aromatic N) is 1. The van der Waals surface area contributed by atoms with E-state index in [0.717, 1.165) is 10.5 Å². The lowest BCUT2D eigenvalue weighted by molar-refractivity contribution is -0.118. The molecule has 108 valence electrons. The number of halogens is 1. The fraction of sp³-hybridized carbons (Fsp3) is 0.125. The molecule has 0 fully saturated rings. The summed E-state index contributed by atoms with van der Waals surface area (Å²) in [7, 11) is 0. The number of hydrogen-bond donors (Lipinski definition) is 1. The highest BCUT2D eigenvalue weighted by Crippen LogP contribution is 2.21. The Balaban J connectivity index is 1.80. The van der Waals surface area contributed by atoms with Gasteiger partial charge in [-0.05, 0) is 36.2 Å². The smallest absolute Gasteiger partial charge is 0.250 e. The molecule has 2 aromatic rings. The number of hydrogen-bond acceptors (Lipinski definition) is 3. The minimum atomic E-state index is -0.131. The Kier molecular flexibility index (Phi) is 5.84. The maximum Gasteiger partial charge on any atom is 0.250 e. The van der Waals surface area contributed by atoms with Crippen molar-refractivity contribution in [2.75, 3.05) is 5.75 Å². The Bertz CT molecular complexity index is 641. The molecule has 0 saturated heterocycles. The molecule has 0 radical (unpaired) electrons. The minimum Gasteiger partial charge on any atom is -0.272 e. The highest BCUT2D eigenvalue weighted by molar-refractivity contribution is 8.00. The molecule has 3 nitrogen and oxygen atoms in total. The van der Waals surface area contributed by atoms with Crippen molar-refractivity contribution in [2.45, 2.75) is 11.8 Å². The molecule has 0 aliphatic rings. The fourth-order valence-electron chi connectivity index (χ4n) is 1.62. The van der Waals surface area contributed by atoms with Gasteiger partial charge in [-0.1, -0.05) is 41.9 Å². The molecule has 0 bridgehead atoms. The van der Waals surface area contributed by atoms with Crippen molar-refractivity contribution in [3.63, 3.8) is 0 Å². The average molecular weight is 319 g/mol. The van der Waals surface area contributed by atoms with Crippen LogP contribution in [0.1, 0.15) is 11.1 Å². The zero-order chi connectivity index (χ0) is 15.1. The lowest BCUT2D eigenvalue weighted by Gasteiger charge is -2.03. The second-order valence-corrected chi connectivity index (χ2v) is 5.85. The number of carbonyl (C=O) groups is 1. The summed E-state index contributed by atoms with van der Waals surface area (Å²) in [6.45, 7) is 2.03. The Morgan fingerprint density at radius 1 is 1.24 bits per heavy atom. The molecular weight excluding hydrogens is 304 g/mol. The quantitative estimate of drug-likeness (QED) is 0.516. The summed E-state index contributed by atoms with van der Waals surface area (Å²) in [5.41, 5.74) is 4.56. The van der Waals surface area contributed by atoms with E-state index in [9.17, 15) is 4.79 Å². The van der Waals surface area contributed by atoms with Crippen molar-refractivity contribution in [1.29, 1.82) is 0 Å². The third-order valence-corrected chi connectivity index (χ3v) is 4.15. The molecule has 0 aromatic heterocycles. The maximum atomic E-state index is 11.7. The number of thioether (sulfide) groups is 1. The van der Waals surface area contributed by atoms with E-state index in [1.54, 1.807) is 18.3 Å². The van der Waals surface area contributed by atoms with Gasteiger partial charge < -0.3 is 0 Å². The predicted octanol–water partition coefficient (Wildman–Crippen LogP) is 3.89. The third kappa shape index (κ3) is 5.25. The van der Waals surface area contributed by atoms with Crippen LogP contribution in [0.2, 0.25) is 5.02 Å². The Morgan fingerprint density at radius 2 is 1.95 bits per heavy atom. The number of benzene rings is 2. The molecule has 0 saturated carbocycles. The van der Waals surface area contributed by atoms with Gasteiger partial charge in [-0.3, -0.25) is 4.79 Å². The van der Waals surface area contributed by atoms with Gasteiger partial charge in [0.2, 0.25) is 5.91 Å². The largest absolute Gasteiger partial charge is 0.272 e. The third-order valence-electron chi connectivity index (χ3n) is 2.73. The highest BCUT2D eigenvalue weighted by atomic mass is 35.5. The summed E-state index contributed by atoms with van der Waals surface area (Å²) in [6.07, 6.45) is 1.59. The lowest BCUT2D eigenvalue weighted by atomic mass is 10.2. The van der Waals surface area contributed by atoms with Crippen molar-refractivity contribution in [2.24, 2.45) is 5.10 Å². The second-order valence-electron chi connectivity index (χ2n) is 4.40. The first-order valence-corrected chi connectivity index (χ1v) is 7.77. The summed E-state index contributed by atoms with van der Waals surface area (Å²) in [5.74, 6) is 0.205. The van der Waals surface area contributed by atoms with E-state index in [1.165, 1.54) is 17.3 Å². The molecule has 0 aliphatic heterocycles. The average Bonchev–Trinajstić information content (AvgIpc) is 2.48. The molecule has 0 heterocycles. The van der Waals surface area contributed by atoms with E-state index in [2.05, 4.69) is 10.5 Å². The standard InChI is InChI=1S/C16H15ClN2OS/c1-12-4-2-3-5-15(12)21-11-16(20)19-18-10-13-6-8-14(17)9-7-13/h2-10H,11H2,1H3,(H,19,20). The highest BCUT2D eigenvalue weighted by Gasteiger charge is 2.03. The summed E-state index contributed by atoms with van der Waals surface area (Å²) in [6, 6.07) is 15.2. The van der Waals surface area contributed by atoms with E-state index in [4.69, 9.17) is 11.6 Å². The van der Waals surface area contributed by atoms with Gasteiger partial charge in [-0.2, -0.15) is 5.10 Å². The molecule has 0 aliphatic carbocycles. The Labute approximate surface area is 133 Å². The van der Waals surface area contributed by atoms with E-state index in [-0.39, 0.29) is 5.91 Å². The zero-order valence-electron chi connectivity index (χ0n) is 11.5. The molecule has 2 rings (SSSR count). The summed E-state index contributed by atoms with van der Waals surface area (Å²) in [4.78, 5) is 12.8. The Morgan fingerprint density at radius 3 is 2.67 bits per heavy atom. The molecule has 0 spiro atoms. The van der Waals surface area contributed by atoms with Crippen molar-refractivity contribution in [3.05, 3.63) is 64.7 Å². The van der Waals surface area contributed by atoms with E-state index < -0.39 is 0 Å². The molecule has 5 heteroatoms. The number of aryl methyl sites for hydroxylation is 1. The SMILES string of the molecule is Cc1ccccc1SCC(=O)NN=Cc1ccc(Cl)cc1. The van der Waals surface area contributed by atoms with Crippen LogP contribution in [0.5, 0.6) is 0 Å². The van der Waals surface area contributed by atoms with Crippen LogP contribution < -0.4 is 5.43 Å². The van der Waals surface area contributed by atoms with Crippen molar-refractivity contribution in [3.8, 4) is 0 Å². The minimum absolute atomic E-state index is 0.131. The van der Waals surface area contributed by atoms with Gasteiger partial charge in [-0.25, -0.2) is 5.43 Å². The molecule has 0 atom stereocenters. The van der Waals surface area contributed by atoms with Gasteiger partial charge in [0, 0.05) is 9.92 Å². The van der Waals surface area contributed by atoms with Gasteiger partial charge >= 0.3 is 0 Å². The number of carbonyl (C=O) groups excluding carboxylic acids is 1. The first-order valence-electron chi connectivity index (χ1n) is 6.41. The van der Waals surface area contributed by atoms with Gasteiger partial charge in [0.15, 0.2) is 0 Å². The van der Waals surface area contributed by atoms with Gasteiger partial charge in [-0.15, -0.1) is 11.8 Å². The van der Waals surface area contributed by atoms with Crippen LogP contribution in [0.4, 0.5) is 0 Å². The van der Waals surface area contributed by atoms with E-state index in [0.29, 0.717) is 10.8 Å². The first-order chi connectivity index (χ1) is 10.1. The summed E-state index contributed by atoms with van der Waals surface area (Å²) < 4.78 is 0. The van der Waals surface area contributed by atoms with Crippen LogP contribution in [0.3, 0.4) is 0 Å². The van der Waals surface area contributed by atoms with Crippen molar-refractivity contribution in [1.82, 2.24) is 5.43 Å². The van der Waals surface area contributed by atoms with Gasteiger partial charge in [0.05, 0.1) is 12.0 Å². The van der Waals surface area contributed by atoms with E-state index in [1.807, 2.05) is 43.3 Å². The number of amides is 1. The van der Waals surface area contributed by atoms with Crippen molar-refractivity contribution < 1.29 is 4.79 Å². The summed E-state index contributed by atoms with van der Waals surface area (Å²) in [5, 5.41) is 4.60. The molecule has 1 N–H and O–H groups in total. The normalized spacial score (nSPS) is 10.8. The predicted molar refractivity (Wildman–Crippen MR) is 89.1 cm³/mol. The number of hydrazone groups is 1. The monoisotopic (exact) mass is 318 g/mol. The first kappa shape index (κ1) is 15.6. The molecule has 21 heavy (non-hydrogen) atoms. The second kappa shape index (κ2) is 7.86. The van der Waals surface area contributed by atoms with Gasteiger partial charge in [0.25, 0.3) is 0 Å². The van der Waals surface area contributed by atoms with Crippen molar-refractivity contribution >= 4 is 35.5 Å². The fourth-order valence-corrected chi connectivity index (χ4v) is 2.57. The van der Waals surface area contributed by atoms with Crippen LogP contribution in [0.15, 0.2) is 58.5 Å². The molecule has 2 aromatic carbocycles. The zero-order valence-corrected chi connectivity index (χ0v) is 13.1. The van der Waals surface area contributed by atoms with Crippen LogP contribution in [0, 0.1) is 6.92 Å². The lowest BCUT2D eigenvalue weighted by Crippen LogP contribution is -2.19. The number of nitrogens with one attached hydrogen (secondary N) is 1. The number of rotatable bonds is 5. The molecule has 1 amide bonds. The Hall–Kier alpha value is -1.78. The van der Waals surface area contributed by atoms with Gasteiger partial charge in [0.1, 0.15) is 0 Å². The van der Waals surface area contributed by atoms with Crippen LogP contribution in [0.25, 0.3) is 0 Å². The topological polar surface area (TPSA) is 41.5 Å².